The molecule has 62 valence electrons. The molecule has 0 aromatic heterocycles. The third-order valence-electron chi connectivity index (χ3n) is 1.51. The normalized spacial score (nSPS) is 16.9. The summed E-state index contributed by atoms with van der Waals surface area (Å²) in [5.41, 5.74) is 0. The average molecular weight is 167 g/mol. The number of quaternary nitrogens is 1. The van der Waals surface area contributed by atoms with Crippen molar-refractivity contribution in [2.75, 3.05) is 21.1 Å². The second-order valence-electron chi connectivity index (χ2n) is 3.21. The highest BCUT2D eigenvalue weighted by Gasteiger charge is 2.24. The summed E-state index contributed by atoms with van der Waals surface area (Å²) in [5.74, 6) is 0. The summed E-state index contributed by atoms with van der Waals surface area (Å²) < 4.78 is 31.4. The molecule has 0 heterocycles. The van der Waals surface area contributed by atoms with E-state index in [0.717, 1.165) is 0 Å². The summed E-state index contributed by atoms with van der Waals surface area (Å²) in [7, 11) is 0.862. The van der Waals surface area contributed by atoms with Crippen molar-refractivity contribution >= 4 is 10.1 Å². The van der Waals surface area contributed by atoms with Crippen LogP contribution < -0.4 is 0 Å². The van der Waals surface area contributed by atoms with E-state index in [4.69, 9.17) is 0 Å². The van der Waals surface area contributed by atoms with Crippen LogP contribution in [0.15, 0.2) is 0 Å². The molecule has 0 radical (unpaired) electrons. The predicted molar refractivity (Wildman–Crippen MR) is 37.2 cm³/mol. The van der Waals surface area contributed by atoms with Crippen LogP contribution in [0.3, 0.4) is 0 Å². The summed E-state index contributed by atoms with van der Waals surface area (Å²) in [6, 6.07) is 0. The molecule has 4 nitrogen and oxygen atoms in total. The van der Waals surface area contributed by atoms with Gasteiger partial charge in [-0.15, -0.1) is 0 Å². The fraction of sp³-hybridized carbons (Fsp3) is 1.00. The Labute approximate surface area is 61.8 Å². The van der Waals surface area contributed by atoms with Crippen LogP contribution in [0, 0.1) is 0 Å². The molecule has 1 atom stereocenters. The van der Waals surface area contributed by atoms with E-state index < -0.39 is 15.5 Å². The van der Waals surface area contributed by atoms with Crippen molar-refractivity contribution in [3.8, 4) is 0 Å². The number of hydrogen-bond acceptors (Lipinski definition) is 3. The van der Waals surface area contributed by atoms with E-state index in [0.29, 0.717) is 0 Å². The molecule has 10 heavy (non-hydrogen) atoms. The predicted octanol–water partition coefficient (Wildman–Crippen LogP) is -0.416. The molecule has 0 rings (SSSR count). The zero-order valence-electron chi connectivity index (χ0n) is 6.66. The average Bonchev–Trinajstić information content (AvgIpc) is 1.59. The van der Waals surface area contributed by atoms with Crippen LogP contribution in [-0.4, -0.2) is 44.0 Å². The Morgan fingerprint density at radius 3 is 1.60 bits per heavy atom. The zero-order valence-corrected chi connectivity index (χ0v) is 7.47. The lowest BCUT2D eigenvalue weighted by Crippen LogP contribution is -2.47. The van der Waals surface area contributed by atoms with Crippen LogP contribution in [-0.2, 0) is 10.1 Å². The maximum Gasteiger partial charge on any atom is 0.175 e. The standard InChI is InChI=1S/C5H13NO3S/c1-5(6(2,3)4)10(7,8)9/h5H,1-4H3. The molecule has 0 amide bonds. The van der Waals surface area contributed by atoms with Gasteiger partial charge in [-0.1, -0.05) is 0 Å². The van der Waals surface area contributed by atoms with Gasteiger partial charge < -0.3 is 9.04 Å². The van der Waals surface area contributed by atoms with Crippen molar-refractivity contribution in [1.82, 2.24) is 0 Å². The summed E-state index contributed by atoms with van der Waals surface area (Å²) in [5, 5.41) is -0.882. The van der Waals surface area contributed by atoms with Crippen molar-refractivity contribution in [2.24, 2.45) is 0 Å². The highest BCUT2D eigenvalue weighted by atomic mass is 32.2. The molecule has 0 saturated heterocycles. The number of nitrogens with zero attached hydrogens (tertiary/aromatic N) is 1. The smallest absolute Gasteiger partial charge is 0.175 e. The minimum absolute atomic E-state index is 0.145. The van der Waals surface area contributed by atoms with Gasteiger partial charge in [0.15, 0.2) is 5.37 Å². The maximum atomic E-state index is 10.4. The van der Waals surface area contributed by atoms with Crippen molar-refractivity contribution < 1.29 is 17.5 Å². The Morgan fingerprint density at radius 1 is 1.30 bits per heavy atom. The van der Waals surface area contributed by atoms with Gasteiger partial charge in [-0.05, 0) is 0 Å². The summed E-state index contributed by atoms with van der Waals surface area (Å²) in [4.78, 5) is 0. The number of hydrogen-bond donors (Lipinski definition) is 0. The molecule has 0 aromatic rings. The SMILES string of the molecule is CC([N+](C)(C)C)S(=O)(=O)[O-]. The van der Waals surface area contributed by atoms with E-state index in [2.05, 4.69) is 0 Å². The van der Waals surface area contributed by atoms with Crippen molar-refractivity contribution in [1.29, 1.82) is 0 Å². The fourth-order valence-electron chi connectivity index (χ4n) is 0.387. The highest BCUT2D eigenvalue weighted by molar-refractivity contribution is 7.86. The molecule has 0 aromatic carbocycles. The summed E-state index contributed by atoms with van der Waals surface area (Å²) in [6.45, 7) is 1.41. The Bertz CT molecular complexity index is 201. The second-order valence-corrected chi connectivity index (χ2v) is 4.88. The van der Waals surface area contributed by atoms with Crippen LogP contribution in [0.4, 0.5) is 0 Å². The van der Waals surface area contributed by atoms with E-state index in [-0.39, 0.29) is 4.48 Å². The maximum absolute atomic E-state index is 10.4. The van der Waals surface area contributed by atoms with E-state index >= 15 is 0 Å². The largest absolute Gasteiger partial charge is 0.743 e. The molecule has 0 aliphatic heterocycles. The highest BCUT2D eigenvalue weighted by Crippen LogP contribution is 2.07. The van der Waals surface area contributed by atoms with Gasteiger partial charge in [-0.25, -0.2) is 8.42 Å². The molecular formula is C5H13NO3S. The first-order valence-corrected chi connectivity index (χ1v) is 4.38. The number of rotatable bonds is 2. The first kappa shape index (κ1) is 9.87. The van der Waals surface area contributed by atoms with Crippen LogP contribution >= 0.6 is 0 Å². The third-order valence-corrected chi connectivity index (χ3v) is 2.98. The Hall–Kier alpha value is -0.130. The van der Waals surface area contributed by atoms with Crippen LogP contribution in [0.1, 0.15) is 6.92 Å². The first-order chi connectivity index (χ1) is 4.15. The van der Waals surface area contributed by atoms with Gasteiger partial charge in [0.25, 0.3) is 0 Å². The molecule has 0 N–H and O–H groups in total. The van der Waals surface area contributed by atoms with E-state index in [1.807, 2.05) is 0 Å². The van der Waals surface area contributed by atoms with Crippen LogP contribution in [0.5, 0.6) is 0 Å². The first-order valence-electron chi connectivity index (χ1n) is 2.91. The van der Waals surface area contributed by atoms with E-state index in [1.165, 1.54) is 6.92 Å². The fourth-order valence-corrected chi connectivity index (χ4v) is 1.16. The zero-order chi connectivity index (χ0) is 8.58. The Balaban J connectivity index is 4.56. The summed E-state index contributed by atoms with van der Waals surface area (Å²) >= 11 is 0. The van der Waals surface area contributed by atoms with Gasteiger partial charge >= 0.3 is 0 Å². The van der Waals surface area contributed by atoms with Gasteiger partial charge in [0.05, 0.1) is 21.1 Å². The lowest BCUT2D eigenvalue weighted by atomic mass is 10.6. The molecule has 0 aliphatic rings. The Kier molecular flexibility index (Phi) is 2.45. The molecule has 0 aliphatic carbocycles. The molecule has 0 fully saturated rings. The second kappa shape index (κ2) is 2.48. The summed E-state index contributed by atoms with van der Waals surface area (Å²) in [6.07, 6.45) is 0. The molecule has 0 spiro atoms. The Morgan fingerprint density at radius 2 is 1.60 bits per heavy atom. The van der Waals surface area contributed by atoms with Crippen molar-refractivity contribution in [2.45, 2.75) is 12.3 Å². The lowest BCUT2D eigenvalue weighted by Gasteiger charge is -2.32. The molecule has 0 bridgehead atoms. The van der Waals surface area contributed by atoms with Gasteiger partial charge in [0.1, 0.15) is 10.1 Å². The van der Waals surface area contributed by atoms with Crippen molar-refractivity contribution in [3.63, 3.8) is 0 Å². The molecule has 1 unspecified atom stereocenters. The quantitative estimate of drug-likeness (QED) is 0.415. The molecule has 5 heteroatoms. The lowest BCUT2D eigenvalue weighted by molar-refractivity contribution is -0.880. The van der Waals surface area contributed by atoms with E-state index in [9.17, 15) is 13.0 Å². The van der Waals surface area contributed by atoms with Gasteiger partial charge in [-0.3, -0.25) is 0 Å². The van der Waals surface area contributed by atoms with Gasteiger partial charge in [0.2, 0.25) is 0 Å². The monoisotopic (exact) mass is 167 g/mol. The minimum Gasteiger partial charge on any atom is -0.743 e. The molecular weight excluding hydrogens is 154 g/mol. The third kappa shape index (κ3) is 2.64. The van der Waals surface area contributed by atoms with Gasteiger partial charge in [0, 0.05) is 6.92 Å². The van der Waals surface area contributed by atoms with Crippen LogP contribution in [0.25, 0.3) is 0 Å². The van der Waals surface area contributed by atoms with Crippen LogP contribution in [0.2, 0.25) is 0 Å². The van der Waals surface area contributed by atoms with Gasteiger partial charge in [-0.2, -0.15) is 0 Å². The van der Waals surface area contributed by atoms with E-state index in [1.54, 1.807) is 21.1 Å². The topological polar surface area (TPSA) is 57.2 Å². The molecule has 0 saturated carbocycles. The van der Waals surface area contributed by atoms with Crippen molar-refractivity contribution in [3.05, 3.63) is 0 Å². The minimum atomic E-state index is -4.14.